The Morgan fingerprint density at radius 2 is 0.786 bits per heavy atom. The molecule has 0 heterocycles. The highest BCUT2D eigenvalue weighted by Crippen LogP contribution is 2.48. The molecule has 0 radical (unpaired) electrons. The molecule has 0 aliphatic carbocycles. The van der Waals surface area contributed by atoms with Crippen LogP contribution >= 0.6 is 0 Å². The quantitative estimate of drug-likeness (QED) is 0.141. The normalized spacial score (nSPS) is 12.2. The van der Waals surface area contributed by atoms with Gasteiger partial charge in [0.2, 0.25) is 0 Å². The molecule has 0 atom stereocenters. The Labute approximate surface area is 244 Å². The molecule has 0 aliphatic rings. The molecule has 0 saturated carbocycles. The average Bonchev–Trinajstić information content (AvgIpc) is 3.03. The van der Waals surface area contributed by atoms with Crippen molar-refractivity contribution in [3.63, 3.8) is 0 Å². The van der Waals surface area contributed by atoms with Gasteiger partial charge in [0.1, 0.15) is 25.1 Å². The first kappa shape index (κ1) is 27.2. The Balaban J connectivity index is 1.83. The van der Waals surface area contributed by atoms with E-state index in [1.165, 1.54) is 0 Å². The predicted octanol–water partition coefficient (Wildman–Crippen LogP) is 8.50. The van der Waals surface area contributed by atoms with Crippen LogP contribution in [-0.4, -0.2) is 25.1 Å². The summed E-state index contributed by atoms with van der Waals surface area (Å²) in [6, 6.07) is 27.6. The molecule has 42 heavy (non-hydrogen) atoms. The Morgan fingerprint density at radius 1 is 0.452 bits per heavy atom. The van der Waals surface area contributed by atoms with E-state index in [-0.39, 0.29) is 0 Å². The van der Waals surface area contributed by atoms with Crippen molar-refractivity contribution >= 4 is 57.5 Å². The maximum atomic E-state index is 12.4. The lowest BCUT2D eigenvalue weighted by atomic mass is 9.75. The van der Waals surface area contributed by atoms with Gasteiger partial charge in [-0.15, -0.1) is 0 Å². The van der Waals surface area contributed by atoms with Gasteiger partial charge in [-0.1, -0.05) is 72.8 Å². The average molecular weight is 551 g/mol. The molecule has 0 saturated heterocycles. The molecule has 0 bridgehead atoms. The summed E-state index contributed by atoms with van der Waals surface area (Å²) in [5.41, 5.74) is 5.30. The van der Waals surface area contributed by atoms with Crippen LogP contribution in [0.4, 0.5) is 0 Å². The number of benzene rings is 6. The number of rotatable bonds is 8. The molecule has 0 aromatic heterocycles. The molecule has 6 rings (SSSR count). The second-order valence-electron chi connectivity index (χ2n) is 12.2. The molecule has 0 fully saturated rings. The van der Waals surface area contributed by atoms with E-state index in [4.69, 9.17) is 0 Å². The maximum absolute atomic E-state index is 12.4. The van der Waals surface area contributed by atoms with Crippen LogP contribution in [-0.2, 0) is 20.4 Å². The van der Waals surface area contributed by atoms with Crippen LogP contribution < -0.4 is 0 Å². The fraction of sp³-hybridized carbons (Fsp3) is 0.158. The third-order valence-electron chi connectivity index (χ3n) is 8.59. The van der Waals surface area contributed by atoms with Crippen LogP contribution in [0.1, 0.15) is 59.5 Å². The number of carbonyl (C=O) groups excluding carboxylic acids is 4. The van der Waals surface area contributed by atoms with Gasteiger partial charge in [0, 0.05) is 22.0 Å². The Morgan fingerprint density at radius 3 is 1.10 bits per heavy atom. The lowest BCUT2D eigenvalue weighted by Crippen LogP contribution is -2.20. The predicted molar refractivity (Wildman–Crippen MR) is 170 cm³/mol. The summed E-state index contributed by atoms with van der Waals surface area (Å²) in [6.07, 6.45) is 3.63. The van der Waals surface area contributed by atoms with E-state index in [1.807, 2.05) is 52.0 Å². The summed E-state index contributed by atoms with van der Waals surface area (Å²) in [5, 5.41) is 6.07. The zero-order valence-corrected chi connectivity index (χ0v) is 24.0. The van der Waals surface area contributed by atoms with Gasteiger partial charge in [-0.25, -0.2) is 0 Å². The van der Waals surface area contributed by atoms with Crippen molar-refractivity contribution in [2.24, 2.45) is 0 Å². The lowest BCUT2D eigenvalue weighted by Gasteiger charge is -2.27. The van der Waals surface area contributed by atoms with Gasteiger partial charge in [-0.2, -0.15) is 0 Å². The molecular weight excluding hydrogens is 520 g/mol. The van der Waals surface area contributed by atoms with Gasteiger partial charge in [0.25, 0.3) is 0 Å². The molecule has 0 amide bonds. The van der Waals surface area contributed by atoms with E-state index in [1.54, 1.807) is 24.3 Å². The highest BCUT2D eigenvalue weighted by Gasteiger charge is 2.29. The van der Waals surface area contributed by atoms with Crippen molar-refractivity contribution in [2.45, 2.75) is 38.5 Å². The summed E-state index contributed by atoms with van der Waals surface area (Å²) in [4.78, 5) is 47.6. The minimum absolute atomic E-state index is 0.593. The number of aldehydes is 4. The number of carbonyl (C=O) groups is 4. The summed E-state index contributed by atoms with van der Waals surface area (Å²) in [7, 11) is 0. The van der Waals surface area contributed by atoms with Crippen LogP contribution in [0.3, 0.4) is 0 Å². The van der Waals surface area contributed by atoms with E-state index in [0.29, 0.717) is 11.1 Å². The zero-order valence-electron chi connectivity index (χ0n) is 24.0. The fourth-order valence-electron chi connectivity index (χ4n) is 6.15. The Hall–Kier alpha value is -4.96. The smallest absolute Gasteiger partial charge is 0.150 e. The summed E-state index contributed by atoms with van der Waals surface area (Å²) in [6.45, 7) is 7.69. The molecule has 206 valence electrons. The molecular formula is C38H30O4. The van der Waals surface area contributed by atoms with Crippen molar-refractivity contribution in [3.05, 3.63) is 107 Å². The van der Waals surface area contributed by atoms with Crippen LogP contribution in [0.2, 0.25) is 0 Å². The molecule has 4 nitrogen and oxygen atoms in total. The van der Waals surface area contributed by atoms with Crippen molar-refractivity contribution in [1.82, 2.24) is 0 Å². The van der Waals surface area contributed by atoms with E-state index in [0.717, 1.165) is 90.8 Å². The third kappa shape index (κ3) is 4.14. The zero-order chi connectivity index (χ0) is 29.8. The van der Waals surface area contributed by atoms with Gasteiger partial charge in [-0.3, -0.25) is 9.59 Å². The molecule has 0 aliphatic heterocycles. The molecule has 6 aromatic rings. The monoisotopic (exact) mass is 550 g/mol. The highest BCUT2D eigenvalue weighted by molar-refractivity contribution is 6.29. The van der Waals surface area contributed by atoms with E-state index in [9.17, 15) is 19.2 Å². The molecule has 0 unspecified atom stereocenters. The second kappa shape index (κ2) is 9.85. The van der Waals surface area contributed by atoms with Crippen LogP contribution in [0.15, 0.2) is 84.9 Å². The first-order chi connectivity index (χ1) is 20.1. The van der Waals surface area contributed by atoms with Crippen LogP contribution in [0, 0.1) is 0 Å². The topological polar surface area (TPSA) is 68.3 Å². The Bertz CT molecular complexity index is 1880. The van der Waals surface area contributed by atoms with Crippen LogP contribution in [0.5, 0.6) is 0 Å². The van der Waals surface area contributed by atoms with Gasteiger partial charge < -0.3 is 9.59 Å². The third-order valence-corrected chi connectivity index (χ3v) is 8.59. The van der Waals surface area contributed by atoms with Crippen molar-refractivity contribution in [3.8, 4) is 22.3 Å². The van der Waals surface area contributed by atoms with Crippen molar-refractivity contribution < 1.29 is 19.2 Å². The summed E-state index contributed by atoms with van der Waals surface area (Å²) < 4.78 is 0. The minimum Gasteiger partial charge on any atom is -0.302 e. The standard InChI is InChI=1S/C38H30O4/c1-37(2,21-41)33-17-31(25-9-5-23(19-39)6-10-25)27-14-16-30-34(38(3,4)22-42)18-32(26-11-7-24(20-40)8-12-26)28-13-15-29(33)35(27)36(28)30/h5-22H,1-4H3. The fourth-order valence-corrected chi connectivity index (χ4v) is 6.15. The molecule has 0 spiro atoms. The first-order valence-corrected chi connectivity index (χ1v) is 14.0. The highest BCUT2D eigenvalue weighted by atomic mass is 16.1. The van der Waals surface area contributed by atoms with E-state index in [2.05, 4.69) is 36.4 Å². The van der Waals surface area contributed by atoms with Crippen molar-refractivity contribution in [2.75, 3.05) is 0 Å². The van der Waals surface area contributed by atoms with Gasteiger partial charge >= 0.3 is 0 Å². The van der Waals surface area contributed by atoms with Crippen molar-refractivity contribution in [1.29, 1.82) is 0 Å². The first-order valence-electron chi connectivity index (χ1n) is 14.0. The number of hydrogen-bond donors (Lipinski definition) is 0. The molecule has 4 heteroatoms. The molecule has 0 N–H and O–H groups in total. The van der Waals surface area contributed by atoms with Gasteiger partial charge in [0.05, 0.1) is 0 Å². The van der Waals surface area contributed by atoms with Gasteiger partial charge in [0.15, 0.2) is 0 Å². The van der Waals surface area contributed by atoms with Crippen LogP contribution in [0.25, 0.3) is 54.6 Å². The lowest BCUT2D eigenvalue weighted by molar-refractivity contribution is -0.112. The second-order valence-corrected chi connectivity index (χ2v) is 12.2. The minimum atomic E-state index is -0.766. The summed E-state index contributed by atoms with van der Waals surface area (Å²) >= 11 is 0. The SMILES string of the molecule is CC(C)(C=O)c1cc(-c2ccc(C=O)cc2)c2ccc3c(C(C)(C)C=O)cc(-c4ccc(C=O)cc4)c4ccc1c2c43. The van der Waals surface area contributed by atoms with Gasteiger partial charge in [-0.05, 0) is 106 Å². The maximum Gasteiger partial charge on any atom is 0.150 e. The summed E-state index contributed by atoms with van der Waals surface area (Å²) in [5.74, 6) is 0. The molecule has 6 aromatic carbocycles. The van der Waals surface area contributed by atoms with E-state index >= 15 is 0 Å². The largest absolute Gasteiger partial charge is 0.302 e. The van der Waals surface area contributed by atoms with E-state index < -0.39 is 10.8 Å². The number of hydrogen-bond acceptors (Lipinski definition) is 4. The Kier molecular flexibility index (Phi) is 6.38.